The van der Waals surface area contributed by atoms with Gasteiger partial charge in [0.25, 0.3) is 0 Å². The number of piperidine rings is 1. The molecule has 1 fully saturated rings. The van der Waals surface area contributed by atoms with Crippen molar-refractivity contribution in [2.45, 2.75) is 40.0 Å². The molecule has 138 valence electrons. The zero-order valence-corrected chi connectivity index (χ0v) is 16.2. The van der Waals surface area contributed by atoms with E-state index in [9.17, 15) is 4.79 Å². The van der Waals surface area contributed by atoms with E-state index in [1.807, 2.05) is 32.9 Å². The van der Waals surface area contributed by atoms with E-state index in [1.165, 1.54) is 0 Å². The maximum Gasteiger partial charge on any atom is 0.230 e. The number of halogens is 1. The van der Waals surface area contributed by atoms with Crippen molar-refractivity contribution in [3.8, 4) is 0 Å². The highest BCUT2D eigenvalue weighted by molar-refractivity contribution is 6.30. The molecule has 1 unspecified atom stereocenters. The molecule has 1 N–H and O–H groups in total. The van der Waals surface area contributed by atoms with Crippen molar-refractivity contribution in [3.63, 3.8) is 0 Å². The molecule has 0 aromatic carbocycles. The maximum atomic E-state index is 12.7. The molecule has 6 nitrogen and oxygen atoms in total. The van der Waals surface area contributed by atoms with Crippen LogP contribution in [0.3, 0.4) is 0 Å². The van der Waals surface area contributed by atoms with Crippen molar-refractivity contribution in [3.05, 3.63) is 40.4 Å². The van der Waals surface area contributed by atoms with E-state index in [1.54, 1.807) is 6.20 Å². The van der Waals surface area contributed by atoms with E-state index >= 15 is 0 Å². The number of rotatable bonds is 4. The second-order valence-corrected chi connectivity index (χ2v) is 7.07. The van der Waals surface area contributed by atoms with Gasteiger partial charge in [0.15, 0.2) is 0 Å². The van der Waals surface area contributed by atoms with Crippen LogP contribution in [0.25, 0.3) is 0 Å². The molecule has 0 saturated carbocycles. The van der Waals surface area contributed by atoms with E-state index in [4.69, 9.17) is 11.6 Å². The molecule has 0 bridgehead atoms. The molecule has 3 heterocycles. The summed E-state index contributed by atoms with van der Waals surface area (Å²) in [4.78, 5) is 28.0. The minimum atomic E-state index is -0.106. The van der Waals surface area contributed by atoms with Gasteiger partial charge in [-0.05, 0) is 44.7 Å². The van der Waals surface area contributed by atoms with Crippen LogP contribution < -0.4 is 10.2 Å². The quantitative estimate of drug-likeness (QED) is 0.829. The van der Waals surface area contributed by atoms with Gasteiger partial charge >= 0.3 is 0 Å². The number of pyridine rings is 1. The van der Waals surface area contributed by atoms with E-state index in [0.717, 1.165) is 42.8 Å². The summed E-state index contributed by atoms with van der Waals surface area (Å²) in [6, 6.07) is 3.77. The van der Waals surface area contributed by atoms with Gasteiger partial charge < -0.3 is 10.2 Å². The summed E-state index contributed by atoms with van der Waals surface area (Å²) >= 11 is 6.31. The molecule has 7 heteroatoms. The largest absolute Gasteiger partial charge is 0.355 e. The summed E-state index contributed by atoms with van der Waals surface area (Å²) in [5, 5.41) is 3.43. The predicted octanol–water partition coefficient (Wildman–Crippen LogP) is 3.56. The minimum absolute atomic E-state index is 0.000904. The second kappa shape index (κ2) is 7.99. The van der Waals surface area contributed by atoms with Gasteiger partial charge in [0.1, 0.15) is 22.6 Å². The molecule has 1 amide bonds. The van der Waals surface area contributed by atoms with E-state index in [-0.39, 0.29) is 11.8 Å². The molecule has 26 heavy (non-hydrogen) atoms. The molecule has 3 rings (SSSR count). The maximum absolute atomic E-state index is 12.7. The number of nitrogens with zero attached hydrogens (tertiary/aromatic N) is 4. The number of aromatic nitrogens is 3. The van der Waals surface area contributed by atoms with Crippen molar-refractivity contribution < 1.29 is 4.79 Å². The van der Waals surface area contributed by atoms with Gasteiger partial charge in [-0.3, -0.25) is 4.79 Å². The van der Waals surface area contributed by atoms with Crippen molar-refractivity contribution >= 4 is 29.1 Å². The molecule has 1 atom stereocenters. The molecule has 1 aliphatic rings. The first kappa shape index (κ1) is 18.6. The third-order valence-electron chi connectivity index (χ3n) is 4.65. The van der Waals surface area contributed by atoms with Crippen molar-refractivity contribution in [1.29, 1.82) is 0 Å². The van der Waals surface area contributed by atoms with Crippen LogP contribution in [0.4, 0.5) is 11.6 Å². The monoisotopic (exact) mass is 373 g/mol. The SMILES string of the molecule is CCc1c(Cl)nc(C)nc1N1CCCC(C(=O)Nc2ccc(C)cn2)C1. The smallest absolute Gasteiger partial charge is 0.230 e. The van der Waals surface area contributed by atoms with Gasteiger partial charge in [-0.1, -0.05) is 24.6 Å². The van der Waals surface area contributed by atoms with Crippen LogP contribution in [0.5, 0.6) is 0 Å². The third kappa shape index (κ3) is 4.12. The Bertz CT molecular complexity index is 793. The Morgan fingerprint density at radius 3 is 2.85 bits per heavy atom. The number of carbonyl (C=O) groups excluding carboxylic acids is 1. The Kier molecular flexibility index (Phi) is 5.71. The van der Waals surface area contributed by atoms with Crippen LogP contribution in [-0.4, -0.2) is 33.9 Å². The van der Waals surface area contributed by atoms with Gasteiger partial charge in [-0.2, -0.15) is 0 Å². The fourth-order valence-electron chi connectivity index (χ4n) is 3.27. The standard InChI is InChI=1S/C19H24ClN5O/c1-4-15-17(20)22-13(3)23-18(15)25-9-5-6-14(11-25)19(26)24-16-8-7-12(2)10-21-16/h7-8,10,14H,4-6,9,11H2,1-3H3,(H,21,24,26). The Balaban J connectivity index is 1.75. The highest BCUT2D eigenvalue weighted by Crippen LogP contribution is 2.29. The summed E-state index contributed by atoms with van der Waals surface area (Å²) < 4.78 is 0. The van der Waals surface area contributed by atoms with E-state index < -0.39 is 0 Å². The Morgan fingerprint density at radius 2 is 2.15 bits per heavy atom. The van der Waals surface area contributed by atoms with Gasteiger partial charge in [0.05, 0.1) is 5.92 Å². The number of carbonyl (C=O) groups is 1. The molecule has 0 radical (unpaired) electrons. The molecular weight excluding hydrogens is 350 g/mol. The van der Waals surface area contributed by atoms with Gasteiger partial charge in [0.2, 0.25) is 5.91 Å². The molecular formula is C19H24ClN5O. The number of nitrogens with one attached hydrogen (secondary N) is 1. The zero-order chi connectivity index (χ0) is 18.7. The molecule has 0 spiro atoms. The Morgan fingerprint density at radius 1 is 1.35 bits per heavy atom. The highest BCUT2D eigenvalue weighted by atomic mass is 35.5. The van der Waals surface area contributed by atoms with E-state index in [2.05, 4.69) is 25.2 Å². The summed E-state index contributed by atoms with van der Waals surface area (Å²) in [6.07, 6.45) is 4.30. The predicted molar refractivity (Wildman–Crippen MR) is 104 cm³/mol. The fourth-order valence-corrected chi connectivity index (χ4v) is 3.61. The lowest BCUT2D eigenvalue weighted by Crippen LogP contribution is -2.41. The fraction of sp³-hybridized carbons (Fsp3) is 0.474. The third-order valence-corrected chi connectivity index (χ3v) is 4.97. The van der Waals surface area contributed by atoms with Crippen LogP contribution in [-0.2, 0) is 11.2 Å². The van der Waals surface area contributed by atoms with Gasteiger partial charge in [0, 0.05) is 24.8 Å². The number of hydrogen-bond donors (Lipinski definition) is 1. The number of anilines is 2. The first-order chi connectivity index (χ1) is 12.5. The molecule has 1 saturated heterocycles. The number of hydrogen-bond acceptors (Lipinski definition) is 5. The average Bonchev–Trinajstić information content (AvgIpc) is 2.63. The zero-order valence-electron chi connectivity index (χ0n) is 15.4. The van der Waals surface area contributed by atoms with Gasteiger partial charge in [-0.25, -0.2) is 15.0 Å². The summed E-state index contributed by atoms with van der Waals surface area (Å²) in [5.74, 6) is 1.99. The Hall–Kier alpha value is -2.21. The lowest BCUT2D eigenvalue weighted by Gasteiger charge is -2.34. The van der Waals surface area contributed by atoms with Crippen molar-refractivity contribution in [2.24, 2.45) is 5.92 Å². The number of aryl methyl sites for hydroxylation is 2. The summed E-state index contributed by atoms with van der Waals surface area (Å²) in [5.41, 5.74) is 2.01. The minimum Gasteiger partial charge on any atom is -0.355 e. The second-order valence-electron chi connectivity index (χ2n) is 6.71. The lowest BCUT2D eigenvalue weighted by atomic mass is 9.96. The number of amides is 1. The van der Waals surface area contributed by atoms with Crippen LogP contribution in [0, 0.1) is 19.8 Å². The molecule has 2 aromatic heterocycles. The summed E-state index contributed by atoms with van der Waals surface area (Å²) in [7, 11) is 0. The van der Waals surface area contributed by atoms with Crippen LogP contribution in [0.2, 0.25) is 5.15 Å². The normalized spacial score (nSPS) is 17.2. The van der Waals surface area contributed by atoms with Crippen LogP contribution >= 0.6 is 11.6 Å². The van der Waals surface area contributed by atoms with E-state index in [0.29, 0.717) is 23.3 Å². The topological polar surface area (TPSA) is 71.0 Å². The highest BCUT2D eigenvalue weighted by Gasteiger charge is 2.28. The average molecular weight is 374 g/mol. The molecule has 2 aromatic rings. The van der Waals surface area contributed by atoms with Crippen molar-refractivity contribution in [1.82, 2.24) is 15.0 Å². The summed E-state index contributed by atoms with van der Waals surface area (Å²) in [6.45, 7) is 7.34. The van der Waals surface area contributed by atoms with Gasteiger partial charge in [-0.15, -0.1) is 0 Å². The van der Waals surface area contributed by atoms with Crippen LogP contribution in [0.15, 0.2) is 18.3 Å². The first-order valence-corrected chi connectivity index (χ1v) is 9.37. The Labute approximate surface area is 159 Å². The molecule has 1 aliphatic heterocycles. The first-order valence-electron chi connectivity index (χ1n) is 8.99. The lowest BCUT2D eigenvalue weighted by molar-refractivity contribution is -0.120. The van der Waals surface area contributed by atoms with Crippen LogP contribution in [0.1, 0.15) is 36.7 Å². The molecule has 0 aliphatic carbocycles. The van der Waals surface area contributed by atoms with Crippen molar-refractivity contribution in [2.75, 3.05) is 23.3 Å².